The van der Waals surface area contributed by atoms with E-state index in [0.717, 1.165) is 5.56 Å². The quantitative estimate of drug-likeness (QED) is 0.658. The smallest absolute Gasteiger partial charge is 0.261 e. The van der Waals surface area contributed by atoms with Crippen LogP contribution in [0.15, 0.2) is 77.7 Å². The summed E-state index contributed by atoms with van der Waals surface area (Å²) < 4.78 is 32.9. The summed E-state index contributed by atoms with van der Waals surface area (Å²) in [7, 11) is -2.25. The number of carbonyl (C=O) groups is 1. The van der Waals surface area contributed by atoms with Crippen LogP contribution in [0, 0.1) is 6.92 Å². The molecule has 0 saturated heterocycles. The molecule has 2 N–H and O–H groups in total. The number of para-hydroxylation sites is 1. The maximum atomic E-state index is 12.7. The van der Waals surface area contributed by atoms with E-state index in [1.807, 2.05) is 6.92 Å². The number of ether oxygens (including phenoxy) is 1. The molecule has 3 rings (SSSR count). The Morgan fingerprint density at radius 2 is 1.54 bits per heavy atom. The van der Waals surface area contributed by atoms with Crippen molar-refractivity contribution in [1.29, 1.82) is 0 Å². The highest BCUT2D eigenvalue weighted by molar-refractivity contribution is 7.92. The van der Waals surface area contributed by atoms with Gasteiger partial charge < -0.3 is 10.1 Å². The van der Waals surface area contributed by atoms with Crippen LogP contribution in [0.1, 0.15) is 15.9 Å². The fourth-order valence-electron chi connectivity index (χ4n) is 2.56. The lowest BCUT2D eigenvalue weighted by Gasteiger charge is -2.13. The topological polar surface area (TPSA) is 84.5 Å². The third kappa shape index (κ3) is 4.50. The van der Waals surface area contributed by atoms with Crippen molar-refractivity contribution in [1.82, 2.24) is 0 Å². The molecule has 7 heteroatoms. The lowest BCUT2D eigenvalue weighted by atomic mass is 10.1. The number of amides is 1. The summed E-state index contributed by atoms with van der Waals surface area (Å²) in [6, 6.07) is 19.8. The molecule has 1 amide bonds. The lowest BCUT2D eigenvalue weighted by molar-refractivity contribution is 0.102. The predicted octanol–water partition coefficient (Wildman–Crippen LogP) is 4.06. The van der Waals surface area contributed by atoms with Crippen LogP contribution in [-0.4, -0.2) is 21.4 Å². The Balaban J connectivity index is 1.83. The van der Waals surface area contributed by atoms with Gasteiger partial charge in [-0.25, -0.2) is 8.42 Å². The molecule has 0 bridgehead atoms. The van der Waals surface area contributed by atoms with Gasteiger partial charge in [-0.05, 0) is 55.5 Å². The van der Waals surface area contributed by atoms with E-state index in [-0.39, 0.29) is 16.1 Å². The highest BCUT2D eigenvalue weighted by Crippen LogP contribution is 2.22. The van der Waals surface area contributed by atoms with Crippen molar-refractivity contribution >= 4 is 27.3 Å². The number of hydrogen-bond acceptors (Lipinski definition) is 4. The summed E-state index contributed by atoms with van der Waals surface area (Å²) in [5, 5.41) is 2.75. The molecule has 144 valence electrons. The summed E-state index contributed by atoms with van der Waals surface area (Å²) in [6.07, 6.45) is 0. The maximum absolute atomic E-state index is 12.7. The Morgan fingerprint density at radius 3 is 2.18 bits per heavy atom. The molecule has 28 heavy (non-hydrogen) atoms. The molecular formula is C21H20N2O4S. The third-order valence-corrected chi connectivity index (χ3v) is 5.48. The van der Waals surface area contributed by atoms with Crippen molar-refractivity contribution in [2.75, 3.05) is 17.1 Å². The second-order valence-electron chi connectivity index (χ2n) is 6.15. The number of nitrogens with one attached hydrogen (secondary N) is 2. The molecule has 0 spiro atoms. The normalized spacial score (nSPS) is 10.9. The van der Waals surface area contributed by atoms with Gasteiger partial charge in [-0.15, -0.1) is 0 Å². The summed E-state index contributed by atoms with van der Waals surface area (Å²) in [6.45, 7) is 1.88. The number of sulfonamides is 1. The van der Waals surface area contributed by atoms with Crippen molar-refractivity contribution in [3.63, 3.8) is 0 Å². The van der Waals surface area contributed by atoms with Crippen LogP contribution in [-0.2, 0) is 10.0 Å². The summed E-state index contributed by atoms with van der Waals surface area (Å²) >= 11 is 0. The van der Waals surface area contributed by atoms with Crippen LogP contribution in [0.4, 0.5) is 11.4 Å². The lowest BCUT2D eigenvalue weighted by Crippen LogP contribution is -2.18. The number of benzene rings is 3. The zero-order valence-corrected chi connectivity index (χ0v) is 16.3. The van der Waals surface area contributed by atoms with Gasteiger partial charge in [0.1, 0.15) is 5.75 Å². The van der Waals surface area contributed by atoms with Gasteiger partial charge in [-0.1, -0.05) is 29.8 Å². The molecule has 0 fully saturated rings. The second kappa shape index (κ2) is 8.14. The van der Waals surface area contributed by atoms with Crippen molar-refractivity contribution in [3.05, 3.63) is 83.9 Å². The van der Waals surface area contributed by atoms with Crippen molar-refractivity contribution in [3.8, 4) is 5.75 Å². The van der Waals surface area contributed by atoms with Gasteiger partial charge in [0.25, 0.3) is 15.9 Å². The number of hydrogen-bond donors (Lipinski definition) is 2. The van der Waals surface area contributed by atoms with E-state index in [9.17, 15) is 13.2 Å². The van der Waals surface area contributed by atoms with Gasteiger partial charge in [0, 0.05) is 5.69 Å². The average Bonchev–Trinajstić information content (AvgIpc) is 2.69. The van der Waals surface area contributed by atoms with Gasteiger partial charge in [0.15, 0.2) is 0 Å². The molecule has 0 aliphatic carbocycles. The van der Waals surface area contributed by atoms with E-state index in [2.05, 4.69) is 10.0 Å². The SMILES string of the molecule is COc1ccc(NC(=O)c2ccccc2NS(=O)(=O)c2ccc(C)cc2)cc1. The minimum Gasteiger partial charge on any atom is -0.497 e. The zero-order chi connectivity index (χ0) is 20.1. The summed E-state index contributed by atoms with van der Waals surface area (Å²) in [5.74, 6) is 0.247. The first kappa shape index (κ1) is 19.4. The molecular weight excluding hydrogens is 376 g/mol. The molecule has 0 aromatic heterocycles. The molecule has 0 aliphatic heterocycles. The van der Waals surface area contributed by atoms with Crippen LogP contribution in [0.2, 0.25) is 0 Å². The minimum atomic E-state index is -3.81. The highest BCUT2D eigenvalue weighted by atomic mass is 32.2. The number of methoxy groups -OCH3 is 1. The first-order chi connectivity index (χ1) is 13.4. The highest BCUT2D eigenvalue weighted by Gasteiger charge is 2.18. The molecule has 6 nitrogen and oxygen atoms in total. The van der Waals surface area contributed by atoms with Gasteiger partial charge in [0.2, 0.25) is 0 Å². The van der Waals surface area contributed by atoms with E-state index in [4.69, 9.17) is 4.74 Å². The van der Waals surface area contributed by atoms with E-state index in [1.54, 1.807) is 67.8 Å². The van der Waals surface area contributed by atoms with Gasteiger partial charge >= 0.3 is 0 Å². The van der Waals surface area contributed by atoms with Crippen LogP contribution in [0.5, 0.6) is 5.75 Å². The first-order valence-corrected chi connectivity index (χ1v) is 10.0. The molecule has 3 aromatic carbocycles. The Kier molecular flexibility index (Phi) is 5.65. The van der Waals surface area contributed by atoms with Crippen molar-refractivity contribution in [2.45, 2.75) is 11.8 Å². The van der Waals surface area contributed by atoms with Crippen LogP contribution >= 0.6 is 0 Å². The Labute approximate surface area is 164 Å². The fraction of sp³-hybridized carbons (Fsp3) is 0.0952. The monoisotopic (exact) mass is 396 g/mol. The molecule has 0 atom stereocenters. The Morgan fingerprint density at radius 1 is 0.893 bits per heavy atom. The molecule has 3 aromatic rings. The minimum absolute atomic E-state index is 0.128. The standard InChI is InChI=1S/C21H20N2O4S/c1-15-7-13-18(14-8-15)28(25,26)23-20-6-4-3-5-19(20)21(24)22-16-9-11-17(27-2)12-10-16/h3-14,23H,1-2H3,(H,22,24). The van der Waals surface area contributed by atoms with Crippen LogP contribution in [0.25, 0.3) is 0 Å². The summed E-state index contributed by atoms with van der Waals surface area (Å²) in [5.41, 5.74) is 1.95. The number of carbonyl (C=O) groups excluding carboxylic acids is 1. The second-order valence-corrected chi connectivity index (χ2v) is 7.83. The van der Waals surface area contributed by atoms with Gasteiger partial charge in [-0.2, -0.15) is 0 Å². The molecule has 0 radical (unpaired) electrons. The largest absolute Gasteiger partial charge is 0.497 e. The molecule has 0 saturated carbocycles. The van der Waals surface area contributed by atoms with Gasteiger partial charge in [0.05, 0.1) is 23.3 Å². The number of anilines is 2. The zero-order valence-electron chi connectivity index (χ0n) is 15.5. The van der Waals surface area contributed by atoms with Crippen molar-refractivity contribution < 1.29 is 17.9 Å². The first-order valence-electron chi connectivity index (χ1n) is 8.53. The number of aryl methyl sites for hydroxylation is 1. The van der Waals surface area contributed by atoms with E-state index in [0.29, 0.717) is 11.4 Å². The van der Waals surface area contributed by atoms with E-state index >= 15 is 0 Å². The average molecular weight is 396 g/mol. The van der Waals surface area contributed by atoms with E-state index < -0.39 is 15.9 Å². The Hall–Kier alpha value is -3.32. The Bertz CT molecular complexity index is 1080. The predicted molar refractivity (Wildman–Crippen MR) is 109 cm³/mol. The van der Waals surface area contributed by atoms with Crippen LogP contribution in [0.3, 0.4) is 0 Å². The molecule has 0 heterocycles. The van der Waals surface area contributed by atoms with E-state index in [1.165, 1.54) is 12.1 Å². The molecule has 0 unspecified atom stereocenters. The number of rotatable bonds is 6. The van der Waals surface area contributed by atoms with Crippen molar-refractivity contribution in [2.24, 2.45) is 0 Å². The van der Waals surface area contributed by atoms with Gasteiger partial charge in [-0.3, -0.25) is 9.52 Å². The third-order valence-electron chi connectivity index (χ3n) is 4.10. The summed E-state index contributed by atoms with van der Waals surface area (Å²) in [4.78, 5) is 12.8. The van der Waals surface area contributed by atoms with Crippen LogP contribution < -0.4 is 14.8 Å². The maximum Gasteiger partial charge on any atom is 0.261 e. The molecule has 0 aliphatic rings. The fourth-order valence-corrected chi connectivity index (χ4v) is 3.64.